The summed E-state index contributed by atoms with van der Waals surface area (Å²) < 4.78 is 5.14. The molecule has 2 saturated heterocycles. The number of morpholine rings is 1. The van der Waals surface area contributed by atoms with Crippen LogP contribution < -0.4 is 5.32 Å². The van der Waals surface area contributed by atoms with Crippen LogP contribution in [0.15, 0.2) is 0 Å². The normalized spacial score (nSPS) is 40.2. The summed E-state index contributed by atoms with van der Waals surface area (Å²) >= 11 is 0. The summed E-state index contributed by atoms with van der Waals surface area (Å²) in [6, 6.07) is 0.274. The quantitative estimate of drug-likeness (QED) is 0.577. The Morgan fingerprint density at radius 2 is 2.45 bits per heavy atom. The predicted molar refractivity (Wildman–Crippen MR) is 40.0 cm³/mol. The fourth-order valence-electron chi connectivity index (χ4n) is 1.56. The fraction of sp³-hybridized carbons (Fsp3) is 0.833. The van der Waals surface area contributed by atoms with E-state index < -0.39 is 11.6 Å². The lowest BCUT2D eigenvalue weighted by Gasteiger charge is -2.21. The second-order valence-electron chi connectivity index (χ2n) is 2.89. The number of hydrogen-bond donors (Lipinski definition) is 2. The summed E-state index contributed by atoms with van der Waals surface area (Å²) in [6.07, 6.45) is 0.627. The first-order chi connectivity index (χ1) is 4.73. The Balaban J connectivity index is 0.000000605. The molecule has 0 aromatic carbocycles. The molecule has 11 heavy (non-hydrogen) atoms. The first-order valence-electron chi connectivity index (χ1n) is 3.34. The van der Waals surface area contributed by atoms with Gasteiger partial charge in [-0.2, -0.15) is 0 Å². The number of nitrogens with one attached hydrogen (secondary N) is 1. The van der Waals surface area contributed by atoms with Crippen molar-refractivity contribution in [3.63, 3.8) is 0 Å². The molecule has 0 aromatic heterocycles. The molecule has 2 atom stereocenters. The van der Waals surface area contributed by atoms with Crippen molar-refractivity contribution >= 4 is 18.4 Å². The first kappa shape index (κ1) is 8.77. The van der Waals surface area contributed by atoms with Crippen LogP contribution >= 0.6 is 12.4 Å². The Bertz CT molecular complexity index is 177. The molecule has 4 nitrogen and oxygen atoms in total. The highest BCUT2D eigenvalue weighted by molar-refractivity contribution is 5.85. The maximum atomic E-state index is 10.6. The predicted octanol–water partition coefficient (Wildman–Crippen LogP) is -0.376. The van der Waals surface area contributed by atoms with E-state index in [-0.39, 0.29) is 18.4 Å². The van der Waals surface area contributed by atoms with Crippen molar-refractivity contribution in [2.75, 3.05) is 13.2 Å². The molecular weight excluding hydrogens is 170 g/mol. The van der Waals surface area contributed by atoms with Crippen LogP contribution in [0.4, 0.5) is 0 Å². The van der Waals surface area contributed by atoms with E-state index in [4.69, 9.17) is 9.84 Å². The van der Waals surface area contributed by atoms with Crippen molar-refractivity contribution in [2.24, 2.45) is 0 Å². The fourth-order valence-corrected chi connectivity index (χ4v) is 1.56. The van der Waals surface area contributed by atoms with Gasteiger partial charge < -0.3 is 15.2 Å². The van der Waals surface area contributed by atoms with Crippen LogP contribution in [-0.4, -0.2) is 35.9 Å². The topological polar surface area (TPSA) is 58.6 Å². The number of carbonyl (C=O) groups is 1. The maximum Gasteiger partial charge on any atom is 0.337 e. The van der Waals surface area contributed by atoms with Crippen molar-refractivity contribution in [1.29, 1.82) is 0 Å². The second kappa shape index (κ2) is 2.62. The Labute approximate surface area is 70.3 Å². The van der Waals surface area contributed by atoms with Gasteiger partial charge in [-0.25, -0.2) is 4.79 Å². The van der Waals surface area contributed by atoms with Gasteiger partial charge in [-0.1, -0.05) is 0 Å². The summed E-state index contributed by atoms with van der Waals surface area (Å²) in [5.74, 6) is -0.833. The van der Waals surface area contributed by atoms with Gasteiger partial charge in [-0.05, 0) is 0 Å². The first-order valence-corrected chi connectivity index (χ1v) is 3.34. The van der Waals surface area contributed by atoms with E-state index in [2.05, 4.69) is 5.32 Å². The van der Waals surface area contributed by atoms with E-state index in [0.29, 0.717) is 19.6 Å². The molecule has 0 radical (unpaired) electrons. The van der Waals surface area contributed by atoms with Gasteiger partial charge in [0, 0.05) is 19.0 Å². The molecule has 0 amide bonds. The molecule has 0 spiro atoms. The zero-order valence-corrected chi connectivity index (χ0v) is 6.69. The van der Waals surface area contributed by atoms with Gasteiger partial charge in [0.2, 0.25) is 0 Å². The average Bonchev–Trinajstić information content (AvgIpc) is 2.45. The maximum absolute atomic E-state index is 10.6. The van der Waals surface area contributed by atoms with Crippen LogP contribution in [0.1, 0.15) is 6.42 Å². The van der Waals surface area contributed by atoms with E-state index in [1.54, 1.807) is 0 Å². The molecular formula is C6H10ClNO3. The molecule has 2 unspecified atom stereocenters. The minimum Gasteiger partial charge on any atom is -0.479 e. The van der Waals surface area contributed by atoms with Crippen LogP contribution in [0.3, 0.4) is 0 Å². The Kier molecular flexibility index (Phi) is 2.09. The van der Waals surface area contributed by atoms with E-state index >= 15 is 0 Å². The average molecular weight is 180 g/mol. The molecule has 2 aliphatic heterocycles. The number of fused-ring (bicyclic) bond motifs is 2. The van der Waals surface area contributed by atoms with Crippen LogP contribution in [0.25, 0.3) is 0 Å². The number of carboxylic acid groups (broad SMARTS) is 1. The third kappa shape index (κ3) is 1.11. The lowest BCUT2D eigenvalue weighted by molar-refractivity contribution is -0.159. The summed E-state index contributed by atoms with van der Waals surface area (Å²) in [7, 11) is 0. The highest BCUT2D eigenvalue weighted by Gasteiger charge is 2.52. The summed E-state index contributed by atoms with van der Waals surface area (Å²) in [4.78, 5) is 10.6. The van der Waals surface area contributed by atoms with Crippen LogP contribution in [-0.2, 0) is 9.53 Å². The minimum absolute atomic E-state index is 0. The van der Waals surface area contributed by atoms with Crippen LogP contribution in [0.5, 0.6) is 0 Å². The summed E-state index contributed by atoms with van der Waals surface area (Å²) in [5.41, 5.74) is -0.884. The zero-order chi connectivity index (χ0) is 7.19. The van der Waals surface area contributed by atoms with Crippen LogP contribution in [0, 0.1) is 0 Å². The van der Waals surface area contributed by atoms with Crippen molar-refractivity contribution < 1.29 is 14.6 Å². The third-order valence-corrected chi connectivity index (χ3v) is 2.20. The SMILES string of the molecule is Cl.O=C(O)C12CNC(CO1)C2. The van der Waals surface area contributed by atoms with Crippen molar-refractivity contribution in [2.45, 2.75) is 18.1 Å². The van der Waals surface area contributed by atoms with Gasteiger partial charge >= 0.3 is 5.97 Å². The number of rotatable bonds is 1. The number of halogens is 1. The molecule has 2 bridgehead atoms. The van der Waals surface area contributed by atoms with Crippen molar-refractivity contribution in [3.05, 3.63) is 0 Å². The van der Waals surface area contributed by atoms with Gasteiger partial charge in [0.15, 0.2) is 5.60 Å². The standard InChI is InChI=1S/C6H9NO3.ClH/c8-5(9)6-1-4(2-10-6)7-3-6;/h4,7H,1-3H2,(H,8,9);1H. The monoisotopic (exact) mass is 179 g/mol. The third-order valence-electron chi connectivity index (χ3n) is 2.20. The minimum atomic E-state index is -0.884. The number of hydrogen-bond acceptors (Lipinski definition) is 3. The van der Waals surface area contributed by atoms with Crippen molar-refractivity contribution in [1.82, 2.24) is 5.32 Å². The highest BCUT2D eigenvalue weighted by Crippen LogP contribution is 2.31. The van der Waals surface area contributed by atoms with Crippen molar-refractivity contribution in [3.8, 4) is 0 Å². The largest absolute Gasteiger partial charge is 0.479 e. The number of ether oxygens (including phenoxy) is 1. The smallest absolute Gasteiger partial charge is 0.337 e. The van der Waals surface area contributed by atoms with E-state index in [1.165, 1.54) is 0 Å². The van der Waals surface area contributed by atoms with E-state index in [9.17, 15) is 4.79 Å². The molecule has 0 saturated carbocycles. The molecule has 64 valence electrons. The lowest BCUT2D eigenvalue weighted by Crippen LogP contribution is -2.45. The summed E-state index contributed by atoms with van der Waals surface area (Å²) in [5, 5.41) is 11.8. The Morgan fingerprint density at radius 3 is 2.64 bits per heavy atom. The Morgan fingerprint density at radius 1 is 1.73 bits per heavy atom. The lowest BCUT2D eigenvalue weighted by atomic mass is 10.0. The molecule has 2 fully saturated rings. The van der Waals surface area contributed by atoms with E-state index in [0.717, 1.165) is 0 Å². The zero-order valence-electron chi connectivity index (χ0n) is 5.87. The highest BCUT2D eigenvalue weighted by atomic mass is 35.5. The molecule has 2 aliphatic rings. The number of carboxylic acids is 1. The molecule has 2 N–H and O–H groups in total. The van der Waals surface area contributed by atoms with Crippen LogP contribution in [0.2, 0.25) is 0 Å². The molecule has 0 aromatic rings. The Hall–Kier alpha value is -0.320. The second-order valence-corrected chi connectivity index (χ2v) is 2.89. The van der Waals surface area contributed by atoms with Gasteiger partial charge in [0.1, 0.15) is 0 Å². The molecule has 2 rings (SSSR count). The molecule has 2 heterocycles. The summed E-state index contributed by atoms with van der Waals surface area (Å²) in [6.45, 7) is 1.01. The number of aliphatic carboxylic acids is 1. The van der Waals surface area contributed by atoms with Gasteiger partial charge in [0.25, 0.3) is 0 Å². The van der Waals surface area contributed by atoms with Gasteiger partial charge in [0.05, 0.1) is 6.61 Å². The van der Waals surface area contributed by atoms with Gasteiger partial charge in [-0.3, -0.25) is 0 Å². The van der Waals surface area contributed by atoms with Gasteiger partial charge in [-0.15, -0.1) is 12.4 Å². The molecule has 0 aliphatic carbocycles. The molecule has 5 heteroatoms. The van der Waals surface area contributed by atoms with E-state index in [1.807, 2.05) is 0 Å².